The van der Waals surface area contributed by atoms with Gasteiger partial charge in [-0.15, -0.1) is 0 Å². The third-order valence-corrected chi connectivity index (χ3v) is 5.62. The van der Waals surface area contributed by atoms with E-state index in [-0.39, 0.29) is 0 Å². The van der Waals surface area contributed by atoms with Gasteiger partial charge in [-0.25, -0.2) is 0 Å². The van der Waals surface area contributed by atoms with Gasteiger partial charge in [0.05, 0.1) is 0 Å². The van der Waals surface area contributed by atoms with Crippen LogP contribution >= 0.6 is 0 Å². The molecule has 1 heteroatoms. The van der Waals surface area contributed by atoms with Crippen molar-refractivity contribution in [2.24, 2.45) is 0 Å². The number of rotatable bonds is 6. The van der Waals surface area contributed by atoms with Crippen molar-refractivity contribution in [3.63, 3.8) is 0 Å². The van der Waals surface area contributed by atoms with Crippen LogP contribution in [-0.4, -0.2) is 0 Å². The molecule has 0 aliphatic rings. The Bertz CT molecular complexity index is 1340. The van der Waals surface area contributed by atoms with E-state index in [1.165, 1.54) is 16.7 Å². The summed E-state index contributed by atoms with van der Waals surface area (Å²) < 4.78 is 0. The maximum absolute atomic E-state index is 2.31. The van der Waals surface area contributed by atoms with Gasteiger partial charge in [0.2, 0.25) is 0 Å². The second-order valence-electron chi connectivity index (χ2n) is 7.93. The van der Waals surface area contributed by atoms with Crippen molar-refractivity contribution >= 4 is 29.2 Å². The summed E-state index contributed by atoms with van der Waals surface area (Å²) >= 11 is 0. The van der Waals surface area contributed by atoms with Crippen LogP contribution in [0.25, 0.3) is 23.3 Å². The van der Waals surface area contributed by atoms with E-state index in [0.29, 0.717) is 0 Å². The lowest BCUT2D eigenvalue weighted by molar-refractivity contribution is 1.28. The average Bonchev–Trinajstić information content (AvgIpc) is 2.90. The number of hydrogen-bond donors (Lipinski definition) is 0. The molecule has 0 aliphatic carbocycles. The molecule has 0 saturated carbocycles. The number of nitrogens with zero attached hydrogens (tertiary/aromatic N) is 1. The molecule has 1 nitrogen and oxygen atoms in total. The zero-order valence-corrected chi connectivity index (χ0v) is 18.4. The molecule has 0 heterocycles. The van der Waals surface area contributed by atoms with Gasteiger partial charge < -0.3 is 4.90 Å². The minimum absolute atomic E-state index is 1.13. The van der Waals surface area contributed by atoms with Crippen molar-refractivity contribution in [3.8, 4) is 11.1 Å². The van der Waals surface area contributed by atoms with Gasteiger partial charge in [-0.3, -0.25) is 0 Å². The Hall–Kier alpha value is -4.36. The molecule has 33 heavy (non-hydrogen) atoms. The molecule has 0 unspecified atom stereocenters. The van der Waals surface area contributed by atoms with Crippen LogP contribution in [0.2, 0.25) is 0 Å². The number of hydrogen-bond acceptors (Lipinski definition) is 1. The molecule has 5 aromatic rings. The molecule has 0 spiro atoms. The molecular weight excluding hydrogens is 398 g/mol. The molecule has 0 fully saturated rings. The number of benzene rings is 5. The standard InChI is InChI=1S/C32H25N/c1-4-12-26(13-5-1)22-23-27-14-10-20-31(24-27)33(30-18-8-3-9-19-30)32-21-11-17-29(25-32)28-15-6-2-7-16-28/h1-25H/b23-22+. The van der Waals surface area contributed by atoms with Gasteiger partial charge in [0, 0.05) is 17.1 Å². The number of anilines is 3. The van der Waals surface area contributed by atoms with E-state index in [9.17, 15) is 0 Å². The highest BCUT2D eigenvalue weighted by Gasteiger charge is 2.13. The average molecular weight is 424 g/mol. The maximum atomic E-state index is 2.31. The molecule has 0 bridgehead atoms. The van der Waals surface area contributed by atoms with Gasteiger partial charge in [0.15, 0.2) is 0 Å². The monoisotopic (exact) mass is 423 g/mol. The van der Waals surface area contributed by atoms with Gasteiger partial charge in [-0.05, 0) is 58.7 Å². The number of para-hydroxylation sites is 1. The minimum atomic E-state index is 1.13. The van der Waals surface area contributed by atoms with E-state index in [2.05, 4.69) is 151 Å². The molecule has 5 rings (SSSR count). The molecule has 0 amide bonds. The van der Waals surface area contributed by atoms with Crippen molar-refractivity contribution in [1.82, 2.24) is 0 Å². The van der Waals surface area contributed by atoms with Crippen LogP contribution < -0.4 is 4.90 Å². The Kier molecular flexibility index (Phi) is 6.13. The Morgan fingerprint density at radius 3 is 1.58 bits per heavy atom. The third kappa shape index (κ3) is 4.94. The van der Waals surface area contributed by atoms with Crippen molar-refractivity contribution < 1.29 is 0 Å². The van der Waals surface area contributed by atoms with Crippen molar-refractivity contribution in [2.45, 2.75) is 0 Å². The SMILES string of the molecule is C(=C\c1cccc(N(c2ccccc2)c2cccc(-c3ccccc3)c2)c1)/c1ccccc1. The minimum Gasteiger partial charge on any atom is -0.310 e. The molecule has 158 valence electrons. The van der Waals surface area contributed by atoms with Crippen LogP contribution in [0.4, 0.5) is 17.1 Å². The zero-order valence-electron chi connectivity index (χ0n) is 18.4. The highest BCUT2D eigenvalue weighted by atomic mass is 15.1. The zero-order chi connectivity index (χ0) is 22.3. The topological polar surface area (TPSA) is 3.24 Å². The summed E-state index contributed by atoms with van der Waals surface area (Å²) in [5.74, 6) is 0. The second-order valence-corrected chi connectivity index (χ2v) is 7.93. The molecular formula is C32H25N. The molecule has 5 aromatic carbocycles. The van der Waals surface area contributed by atoms with Gasteiger partial charge in [0.1, 0.15) is 0 Å². The van der Waals surface area contributed by atoms with E-state index < -0.39 is 0 Å². The van der Waals surface area contributed by atoms with E-state index >= 15 is 0 Å². The highest BCUT2D eigenvalue weighted by Crippen LogP contribution is 2.36. The predicted molar refractivity (Wildman–Crippen MR) is 142 cm³/mol. The Labute approximate surface area is 195 Å². The first-order chi connectivity index (χ1) is 16.4. The lowest BCUT2D eigenvalue weighted by Gasteiger charge is -2.26. The van der Waals surface area contributed by atoms with Crippen LogP contribution in [0.15, 0.2) is 140 Å². The van der Waals surface area contributed by atoms with Crippen LogP contribution in [0.1, 0.15) is 11.1 Å². The fourth-order valence-corrected chi connectivity index (χ4v) is 4.00. The molecule has 0 saturated heterocycles. The largest absolute Gasteiger partial charge is 0.310 e. The van der Waals surface area contributed by atoms with E-state index in [4.69, 9.17) is 0 Å². The fraction of sp³-hybridized carbons (Fsp3) is 0. The Morgan fingerprint density at radius 1 is 0.364 bits per heavy atom. The quantitative estimate of drug-likeness (QED) is 0.246. The summed E-state index contributed by atoms with van der Waals surface area (Å²) in [6, 6.07) is 48.9. The summed E-state index contributed by atoms with van der Waals surface area (Å²) in [5.41, 5.74) is 8.16. The predicted octanol–water partition coefficient (Wildman–Crippen LogP) is 8.99. The maximum Gasteiger partial charge on any atom is 0.0467 e. The smallest absolute Gasteiger partial charge is 0.0467 e. The first kappa shape index (κ1) is 20.5. The molecule has 0 aliphatic heterocycles. The summed E-state index contributed by atoms with van der Waals surface area (Å²) in [6.07, 6.45) is 4.32. The van der Waals surface area contributed by atoms with E-state index in [1.54, 1.807) is 0 Å². The molecule has 0 aromatic heterocycles. The third-order valence-electron chi connectivity index (χ3n) is 5.62. The van der Waals surface area contributed by atoms with Gasteiger partial charge in [-0.1, -0.05) is 115 Å². The van der Waals surface area contributed by atoms with Gasteiger partial charge in [-0.2, -0.15) is 0 Å². The summed E-state index contributed by atoms with van der Waals surface area (Å²) in [4.78, 5) is 2.31. The van der Waals surface area contributed by atoms with Crippen molar-refractivity contribution in [3.05, 3.63) is 151 Å². The highest BCUT2D eigenvalue weighted by molar-refractivity contribution is 5.81. The first-order valence-corrected chi connectivity index (χ1v) is 11.2. The Balaban J connectivity index is 1.56. The molecule has 0 atom stereocenters. The molecule has 0 N–H and O–H groups in total. The van der Waals surface area contributed by atoms with Crippen molar-refractivity contribution in [2.75, 3.05) is 4.90 Å². The Morgan fingerprint density at radius 2 is 0.848 bits per heavy atom. The summed E-state index contributed by atoms with van der Waals surface area (Å²) in [6.45, 7) is 0. The van der Waals surface area contributed by atoms with Crippen molar-refractivity contribution in [1.29, 1.82) is 0 Å². The van der Waals surface area contributed by atoms with E-state index in [1.807, 2.05) is 6.07 Å². The lowest BCUT2D eigenvalue weighted by atomic mass is 10.0. The first-order valence-electron chi connectivity index (χ1n) is 11.2. The van der Waals surface area contributed by atoms with Crippen LogP contribution in [0.3, 0.4) is 0 Å². The van der Waals surface area contributed by atoms with Crippen LogP contribution in [0, 0.1) is 0 Å². The van der Waals surface area contributed by atoms with Crippen LogP contribution in [0.5, 0.6) is 0 Å². The lowest BCUT2D eigenvalue weighted by Crippen LogP contribution is -2.10. The normalized spacial score (nSPS) is 10.9. The summed E-state index contributed by atoms with van der Waals surface area (Å²) in [7, 11) is 0. The van der Waals surface area contributed by atoms with E-state index in [0.717, 1.165) is 22.6 Å². The van der Waals surface area contributed by atoms with Gasteiger partial charge in [0.25, 0.3) is 0 Å². The second kappa shape index (κ2) is 9.84. The fourth-order valence-electron chi connectivity index (χ4n) is 4.00. The van der Waals surface area contributed by atoms with Crippen LogP contribution in [-0.2, 0) is 0 Å². The van der Waals surface area contributed by atoms with Gasteiger partial charge >= 0.3 is 0 Å². The molecule has 0 radical (unpaired) electrons. The summed E-state index contributed by atoms with van der Waals surface area (Å²) in [5, 5.41) is 0.